The Morgan fingerprint density at radius 1 is 0.932 bits per heavy atom. The Kier molecular flexibility index (Phi) is 10.7. The number of hydrogen-bond donors (Lipinski definition) is 1. The minimum absolute atomic E-state index is 0.231. The van der Waals surface area contributed by atoms with Gasteiger partial charge in [-0.1, -0.05) is 60.8 Å². The van der Waals surface area contributed by atoms with Gasteiger partial charge in [-0.25, -0.2) is 9.78 Å². The van der Waals surface area contributed by atoms with Crippen molar-refractivity contribution in [1.29, 1.82) is 0 Å². The van der Waals surface area contributed by atoms with E-state index in [0.717, 1.165) is 29.7 Å². The molecule has 2 aromatic carbocycles. The number of hydrogen-bond acceptors (Lipinski definition) is 5. The molecule has 7 nitrogen and oxygen atoms in total. The highest BCUT2D eigenvalue weighted by Crippen LogP contribution is 2.38. The van der Waals surface area contributed by atoms with Crippen LogP contribution in [-0.4, -0.2) is 39.4 Å². The van der Waals surface area contributed by atoms with E-state index in [4.69, 9.17) is 19.2 Å². The van der Waals surface area contributed by atoms with Gasteiger partial charge >= 0.3 is 5.97 Å². The second-order valence-corrected chi connectivity index (χ2v) is 14.1. The van der Waals surface area contributed by atoms with E-state index in [0.29, 0.717) is 66.8 Å². The van der Waals surface area contributed by atoms with Gasteiger partial charge in [0, 0.05) is 12.6 Å². The molecular weight excluding hydrogens is 552 g/mol. The third-order valence-corrected chi connectivity index (χ3v) is 10.2. The van der Waals surface area contributed by atoms with E-state index in [1.165, 1.54) is 25.7 Å². The molecular formula is C37H52N2O5. The molecule has 2 fully saturated rings. The van der Waals surface area contributed by atoms with Crippen LogP contribution in [0.5, 0.6) is 11.5 Å². The lowest BCUT2D eigenvalue weighted by Gasteiger charge is -2.39. The number of carbonyl (C=O) groups is 1. The Hall–Kier alpha value is -2.90. The van der Waals surface area contributed by atoms with Gasteiger partial charge < -0.3 is 23.9 Å². The predicted octanol–water partition coefficient (Wildman–Crippen LogP) is 8.98. The summed E-state index contributed by atoms with van der Waals surface area (Å²) in [6, 6.07) is 12.4. The lowest BCUT2D eigenvalue weighted by atomic mass is 9.72. The maximum Gasteiger partial charge on any atom is 0.335 e. The highest BCUT2D eigenvalue weighted by Gasteiger charge is 2.34. The quantitative estimate of drug-likeness (QED) is 0.222. The molecule has 1 heterocycles. The van der Waals surface area contributed by atoms with Gasteiger partial charge in [0.1, 0.15) is 23.9 Å². The highest BCUT2D eigenvalue weighted by molar-refractivity contribution is 5.87. The smallest absolute Gasteiger partial charge is 0.335 e. The molecule has 2 aliphatic rings. The van der Waals surface area contributed by atoms with Crippen LogP contribution in [0, 0.1) is 35.5 Å². The van der Waals surface area contributed by atoms with Crippen molar-refractivity contribution in [3.8, 4) is 11.5 Å². The number of ether oxygens (including phenoxy) is 3. The van der Waals surface area contributed by atoms with Crippen molar-refractivity contribution in [2.45, 2.75) is 105 Å². The number of fused-ring (bicyclic) bond motifs is 1. The van der Waals surface area contributed by atoms with Crippen LogP contribution >= 0.6 is 0 Å². The van der Waals surface area contributed by atoms with Crippen molar-refractivity contribution in [2.24, 2.45) is 35.5 Å². The van der Waals surface area contributed by atoms with Gasteiger partial charge in [-0.2, -0.15) is 0 Å². The number of benzene rings is 2. The van der Waals surface area contributed by atoms with Crippen LogP contribution < -0.4 is 4.74 Å². The third kappa shape index (κ3) is 7.66. The Balaban J connectivity index is 1.38. The first kappa shape index (κ1) is 32.5. The predicted molar refractivity (Wildman–Crippen MR) is 174 cm³/mol. The molecule has 0 aliphatic heterocycles. The summed E-state index contributed by atoms with van der Waals surface area (Å²) >= 11 is 0. The Morgan fingerprint density at radius 2 is 1.68 bits per heavy atom. The molecule has 6 unspecified atom stereocenters. The monoisotopic (exact) mass is 604 g/mol. The van der Waals surface area contributed by atoms with Crippen molar-refractivity contribution in [2.75, 3.05) is 6.61 Å². The number of nitrogens with zero attached hydrogens (tertiary/aromatic N) is 2. The minimum Gasteiger partial charge on any atom is -0.478 e. The molecule has 2 saturated carbocycles. The maximum atomic E-state index is 11.3. The molecule has 0 saturated heterocycles. The van der Waals surface area contributed by atoms with E-state index in [1.54, 1.807) is 24.3 Å². The normalized spacial score (nSPS) is 26.0. The van der Waals surface area contributed by atoms with E-state index in [9.17, 15) is 9.90 Å². The summed E-state index contributed by atoms with van der Waals surface area (Å²) in [5, 5.41) is 9.24. The van der Waals surface area contributed by atoms with Crippen LogP contribution in [0.15, 0.2) is 42.5 Å². The van der Waals surface area contributed by atoms with Gasteiger partial charge in [0.2, 0.25) is 0 Å². The van der Waals surface area contributed by atoms with Gasteiger partial charge in [0.25, 0.3) is 0 Å². The summed E-state index contributed by atoms with van der Waals surface area (Å²) in [6.07, 6.45) is 7.77. The maximum absolute atomic E-state index is 11.3. The van der Waals surface area contributed by atoms with Gasteiger partial charge in [0.05, 0.1) is 35.4 Å². The Bertz CT molecular complexity index is 1380. The fourth-order valence-electron chi connectivity index (χ4n) is 7.83. The van der Waals surface area contributed by atoms with E-state index in [1.807, 2.05) is 18.2 Å². The summed E-state index contributed by atoms with van der Waals surface area (Å²) in [5.41, 5.74) is 2.12. The molecule has 0 radical (unpaired) electrons. The topological polar surface area (TPSA) is 82.8 Å². The lowest BCUT2D eigenvalue weighted by molar-refractivity contribution is -0.0544. The molecule has 1 aromatic heterocycles. The highest BCUT2D eigenvalue weighted by atomic mass is 16.5. The van der Waals surface area contributed by atoms with Crippen LogP contribution in [0.1, 0.15) is 96.2 Å². The molecule has 44 heavy (non-hydrogen) atoms. The third-order valence-electron chi connectivity index (χ3n) is 10.2. The lowest BCUT2D eigenvalue weighted by Crippen LogP contribution is -2.37. The summed E-state index contributed by atoms with van der Waals surface area (Å²) in [4.78, 5) is 16.3. The zero-order valence-corrected chi connectivity index (χ0v) is 27.5. The summed E-state index contributed by atoms with van der Waals surface area (Å²) in [5.74, 6) is 4.94. The number of rotatable bonds is 12. The zero-order valence-electron chi connectivity index (χ0n) is 27.5. The molecule has 0 bridgehead atoms. The van der Waals surface area contributed by atoms with E-state index < -0.39 is 5.97 Å². The van der Waals surface area contributed by atoms with Crippen LogP contribution in [0.25, 0.3) is 11.0 Å². The average Bonchev–Trinajstić information content (AvgIpc) is 3.32. The number of imidazole rings is 1. The average molecular weight is 605 g/mol. The number of aromatic nitrogens is 2. The number of carboxylic acids is 1. The molecule has 6 atom stereocenters. The summed E-state index contributed by atoms with van der Waals surface area (Å²) in [7, 11) is 0. The molecule has 0 spiro atoms. The van der Waals surface area contributed by atoms with E-state index >= 15 is 0 Å². The Morgan fingerprint density at radius 3 is 2.39 bits per heavy atom. The fourth-order valence-corrected chi connectivity index (χ4v) is 7.83. The molecule has 2 aliphatic carbocycles. The molecule has 240 valence electrons. The second-order valence-electron chi connectivity index (χ2n) is 14.1. The minimum atomic E-state index is -0.955. The van der Waals surface area contributed by atoms with Crippen LogP contribution in [0.4, 0.5) is 0 Å². The largest absolute Gasteiger partial charge is 0.478 e. The number of aromatic carboxylic acids is 1. The van der Waals surface area contributed by atoms with Crippen molar-refractivity contribution in [1.82, 2.24) is 9.55 Å². The van der Waals surface area contributed by atoms with E-state index in [2.05, 4.69) is 46.1 Å². The second kappa shape index (κ2) is 14.5. The first-order chi connectivity index (χ1) is 21.1. The standard InChI is InChI=1S/C37H52N2O5/c1-23(2)30-16-10-25(5)20-34(30)43-22-35-38-31-17-15-29(44-28-13-11-27(12-14-28)37(40)41)21-32(31)39(35)18-19-42-33-9-7-8-26(6)36(33)24(3)4/h11-15,17,21,23-26,30,33-34,36H,7-10,16,18-20,22H2,1-6H3,(H,40,41). The SMILES string of the molecule is CC1CCC(C(C)C)C(OCc2nc3ccc(Oc4ccc(C(=O)O)cc4)cc3n2CCOC2CCCC(C)C2C(C)C)C1. The van der Waals surface area contributed by atoms with Gasteiger partial charge in [-0.3, -0.25) is 0 Å². The van der Waals surface area contributed by atoms with Crippen molar-refractivity contribution < 1.29 is 24.1 Å². The van der Waals surface area contributed by atoms with Crippen LogP contribution in [-0.2, 0) is 22.6 Å². The van der Waals surface area contributed by atoms with Crippen molar-refractivity contribution >= 4 is 17.0 Å². The molecule has 5 rings (SSSR count). The first-order valence-corrected chi connectivity index (χ1v) is 16.8. The summed E-state index contributed by atoms with van der Waals surface area (Å²) in [6.45, 7) is 15.8. The number of carboxylic acid groups (broad SMARTS) is 1. The fraction of sp³-hybridized carbons (Fsp3) is 0.622. The van der Waals surface area contributed by atoms with Gasteiger partial charge in [-0.05, 0) is 91.2 Å². The first-order valence-electron chi connectivity index (χ1n) is 16.8. The molecule has 1 N–H and O–H groups in total. The van der Waals surface area contributed by atoms with Crippen molar-refractivity contribution in [3.63, 3.8) is 0 Å². The Labute approximate surface area is 263 Å². The van der Waals surface area contributed by atoms with Gasteiger partial charge in [0.15, 0.2) is 0 Å². The molecule has 3 aromatic rings. The zero-order chi connectivity index (χ0) is 31.4. The molecule has 7 heteroatoms. The van der Waals surface area contributed by atoms with Gasteiger partial charge in [-0.15, -0.1) is 0 Å². The molecule has 0 amide bonds. The summed E-state index contributed by atoms with van der Waals surface area (Å²) < 4.78 is 21.7. The van der Waals surface area contributed by atoms with Crippen molar-refractivity contribution in [3.05, 3.63) is 53.9 Å². The van der Waals surface area contributed by atoms with E-state index in [-0.39, 0.29) is 17.8 Å². The van der Waals surface area contributed by atoms with Crippen LogP contribution in [0.2, 0.25) is 0 Å². The van der Waals surface area contributed by atoms with Crippen LogP contribution in [0.3, 0.4) is 0 Å².